The third-order valence-electron chi connectivity index (χ3n) is 6.22. The van der Waals surface area contributed by atoms with Gasteiger partial charge < -0.3 is 0 Å². The van der Waals surface area contributed by atoms with E-state index in [-0.39, 0.29) is 0 Å². The first-order valence-corrected chi connectivity index (χ1v) is 11.2. The van der Waals surface area contributed by atoms with Gasteiger partial charge in [-0.2, -0.15) is 0 Å². The molecule has 2 heteroatoms. The van der Waals surface area contributed by atoms with Crippen molar-refractivity contribution in [1.29, 1.82) is 0 Å². The Morgan fingerprint density at radius 2 is 0.917 bits per heavy atom. The first kappa shape index (κ1) is 17.1. The molecular weight excluding hydrogens is 424 g/mol. The minimum atomic E-state index is 0.745. The Hall–Kier alpha value is -0.340. The van der Waals surface area contributed by atoms with E-state index in [1.165, 1.54) is 95.1 Å². The molecule has 128 valence electrons. The maximum Gasteiger partial charge on any atom is 0.0288 e. The summed E-state index contributed by atoms with van der Waals surface area (Å²) in [7, 11) is 0. The molecule has 2 aromatic carbocycles. The molecule has 2 saturated carbocycles. The summed E-state index contributed by atoms with van der Waals surface area (Å²) in [5, 5.41) is 2.76. The Labute approximate surface area is 162 Å². The van der Waals surface area contributed by atoms with E-state index in [0.29, 0.717) is 0 Å². The smallest absolute Gasteiger partial charge is 0.0288 e. The fraction of sp³-hybridized carbons (Fsp3) is 0.545. The van der Waals surface area contributed by atoms with Crippen LogP contribution in [0.5, 0.6) is 0 Å². The number of benzene rings is 2. The molecule has 0 unspecified atom stereocenters. The quantitative estimate of drug-likeness (QED) is 0.431. The van der Waals surface area contributed by atoms with Gasteiger partial charge in [0.15, 0.2) is 0 Å². The lowest BCUT2D eigenvalue weighted by atomic mass is 9.82. The summed E-state index contributed by atoms with van der Waals surface area (Å²) in [5.41, 5.74) is 3.05. The molecule has 0 aliphatic heterocycles. The summed E-state index contributed by atoms with van der Waals surface area (Å²) >= 11 is 7.90. The van der Waals surface area contributed by atoms with Crippen molar-refractivity contribution >= 4 is 42.6 Å². The van der Waals surface area contributed by atoms with Gasteiger partial charge in [-0.1, -0.05) is 62.8 Å². The zero-order chi connectivity index (χ0) is 16.5. The predicted octanol–water partition coefficient (Wildman–Crippen LogP) is 8.46. The molecule has 0 bridgehead atoms. The molecule has 24 heavy (non-hydrogen) atoms. The molecule has 0 spiro atoms. The van der Waals surface area contributed by atoms with Gasteiger partial charge in [0, 0.05) is 8.95 Å². The molecule has 2 aromatic rings. The first-order valence-electron chi connectivity index (χ1n) is 9.66. The minimum Gasteiger partial charge on any atom is -0.0570 e. The maximum atomic E-state index is 3.95. The summed E-state index contributed by atoms with van der Waals surface area (Å²) in [6, 6.07) is 9.50. The Balaban J connectivity index is 1.74. The van der Waals surface area contributed by atoms with E-state index in [9.17, 15) is 0 Å². The van der Waals surface area contributed by atoms with Crippen LogP contribution in [0.15, 0.2) is 33.2 Å². The van der Waals surface area contributed by atoms with Gasteiger partial charge in [0.25, 0.3) is 0 Å². The second-order valence-electron chi connectivity index (χ2n) is 7.70. The van der Waals surface area contributed by atoms with Crippen molar-refractivity contribution in [1.82, 2.24) is 0 Å². The van der Waals surface area contributed by atoms with Crippen LogP contribution < -0.4 is 0 Å². The van der Waals surface area contributed by atoms with Gasteiger partial charge in [0.05, 0.1) is 0 Å². The van der Waals surface area contributed by atoms with Crippen molar-refractivity contribution in [3.05, 3.63) is 44.3 Å². The number of hydrogen-bond acceptors (Lipinski definition) is 0. The van der Waals surface area contributed by atoms with Crippen molar-refractivity contribution in [3.63, 3.8) is 0 Å². The van der Waals surface area contributed by atoms with Gasteiger partial charge in [0.1, 0.15) is 0 Å². The minimum absolute atomic E-state index is 0.745. The summed E-state index contributed by atoms with van der Waals surface area (Å²) in [5.74, 6) is 1.49. The SMILES string of the molecule is Brc1c(C2CCCCC2)ccc2c(Br)c(C3CCCCC3)ccc12. The molecule has 4 rings (SSSR count). The molecule has 0 nitrogen and oxygen atoms in total. The molecule has 2 fully saturated rings. The van der Waals surface area contributed by atoms with Crippen LogP contribution in [-0.4, -0.2) is 0 Å². The van der Waals surface area contributed by atoms with Gasteiger partial charge in [-0.3, -0.25) is 0 Å². The zero-order valence-corrected chi connectivity index (χ0v) is 17.5. The van der Waals surface area contributed by atoms with Crippen molar-refractivity contribution in [2.75, 3.05) is 0 Å². The standard InChI is InChI=1S/C22H26Br2/c23-21-17(15-7-3-1-4-8-15)11-13-20-19(21)14-12-18(22(20)24)16-9-5-2-6-10-16/h11-16H,1-10H2. The van der Waals surface area contributed by atoms with Gasteiger partial charge in [0.2, 0.25) is 0 Å². The highest BCUT2D eigenvalue weighted by molar-refractivity contribution is 9.11. The van der Waals surface area contributed by atoms with E-state index in [4.69, 9.17) is 0 Å². The number of halogens is 2. The summed E-state index contributed by atoms with van der Waals surface area (Å²) in [4.78, 5) is 0. The predicted molar refractivity (Wildman–Crippen MR) is 111 cm³/mol. The molecule has 0 saturated heterocycles. The highest BCUT2D eigenvalue weighted by Crippen LogP contribution is 2.44. The topological polar surface area (TPSA) is 0 Å². The molecule has 2 aliphatic rings. The van der Waals surface area contributed by atoms with Crippen LogP contribution in [0.25, 0.3) is 10.8 Å². The van der Waals surface area contributed by atoms with Gasteiger partial charge in [-0.25, -0.2) is 0 Å². The Kier molecular flexibility index (Phi) is 5.34. The van der Waals surface area contributed by atoms with Crippen LogP contribution in [0.2, 0.25) is 0 Å². The van der Waals surface area contributed by atoms with E-state index in [2.05, 4.69) is 56.1 Å². The van der Waals surface area contributed by atoms with Gasteiger partial charge >= 0.3 is 0 Å². The van der Waals surface area contributed by atoms with Gasteiger partial charge in [-0.15, -0.1) is 0 Å². The van der Waals surface area contributed by atoms with Crippen molar-refractivity contribution in [2.45, 2.75) is 76.0 Å². The maximum absolute atomic E-state index is 3.95. The van der Waals surface area contributed by atoms with E-state index in [1.807, 2.05) is 0 Å². The average Bonchev–Trinajstić information content (AvgIpc) is 2.64. The monoisotopic (exact) mass is 448 g/mol. The fourth-order valence-corrected chi connectivity index (χ4v) is 6.43. The van der Waals surface area contributed by atoms with Crippen LogP contribution in [0.3, 0.4) is 0 Å². The van der Waals surface area contributed by atoms with Gasteiger partial charge in [-0.05, 0) is 91.3 Å². The molecule has 0 radical (unpaired) electrons. The summed E-state index contributed by atoms with van der Waals surface area (Å²) < 4.78 is 2.67. The summed E-state index contributed by atoms with van der Waals surface area (Å²) in [6.07, 6.45) is 13.8. The third kappa shape index (κ3) is 3.21. The number of hydrogen-bond donors (Lipinski definition) is 0. The van der Waals surface area contributed by atoms with Crippen molar-refractivity contribution in [3.8, 4) is 0 Å². The second-order valence-corrected chi connectivity index (χ2v) is 9.29. The van der Waals surface area contributed by atoms with Crippen LogP contribution in [-0.2, 0) is 0 Å². The highest BCUT2D eigenvalue weighted by atomic mass is 79.9. The lowest BCUT2D eigenvalue weighted by Crippen LogP contribution is -2.07. The van der Waals surface area contributed by atoms with E-state index in [0.717, 1.165) is 11.8 Å². The Bertz CT molecular complexity index is 659. The molecule has 0 heterocycles. The molecule has 0 atom stereocenters. The molecule has 2 aliphatic carbocycles. The second kappa shape index (κ2) is 7.50. The number of fused-ring (bicyclic) bond motifs is 1. The Morgan fingerprint density at radius 3 is 1.29 bits per heavy atom. The molecule has 0 aromatic heterocycles. The van der Waals surface area contributed by atoms with Crippen LogP contribution in [0.4, 0.5) is 0 Å². The molecule has 0 N–H and O–H groups in total. The largest absolute Gasteiger partial charge is 0.0570 e. The zero-order valence-electron chi connectivity index (χ0n) is 14.3. The van der Waals surface area contributed by atoms with Crippen LogP contribution in [0, 0.1) is 0 Å². The highest BCUT2D eigenvalue weighted by Gasteiger charge is 2.22. The normalized spacial score (nSPS) is 20.6. The first-order chi connectivity index (χ1) is 11.8. The van der Waals surface area contributed by atoms with Crippen molar-refractivity contribution < 1.29 is 0 Å². The van der Waals surface area contributed by atoms with E-state index in [1.54, 1.807) is 0 Å². The van der Waals surface area contributed by atoms with Crippen LogP contribution in [0.1, 0.15) is 87.2 Å². The molecular formula is C22H26Br2. The number of rotatable bonds is 2. The fourth-order valence-electron chi connectivity index (χ4n) is 4.82. The third-order valence-corrected chi connectivity index (χ3v) is 7.99. The van der Waals surface area contributed by atoms with E-state index < -0.39 is 0 Å². The van der Waals surface area contributed by atoms with E-state index >= 15 is 0 Å². The Morgan fingerprint density at radius 1 is 0.542 bits per heavy atom. The van der Waals surface area contributed by atoms with Crippen molar-refractivity contribution in [2.24, 2.45) is 0 Å². The average molecular weight is 450 g/mol. The lowest BCUT2D eigenvalue weighted by molar-refractivity contribution is 0.442. The summed E-state index contributed by atoms with van der Waals surface area (Å²) in [6.45, 7) is 0. The lowest BCUT2D eigenvalue weighted by Gasteiger charge is -2.26. The van der Waals surface area contributed by atoms with Crippen LogP contribution >= 0.6 is 31.9 Å². The molecule has 0 amide bonds.